The van der Waals surface area contributed by atoms with E-state index in [0.717, 1.165) is 19.4 Å². The van der Waals surface area contributed by atoms with E-state index in [9.17, 15) is 4.79 Å². The highest BCUT2D eigenvalue weighted by Gasteiger charge is 2.23. The molecule has 1 atom stereocenters. The Balaban J connectivity index is 1.99. The van der Waals surface area contributed by atoms with Crippen LogP contribution >= 0.6 is 0 Å². The largest absolute Gasteiger partial charge is 0.472 e. The van der Waals surface area contributed by atoms with E-state index in [1.165, 1.54) is 0 Å². The van der Waals surface area contributed by atoms with Crippen LogP contribution in [0.2, 0.25) is 0 Å². The van der Waals surface area contributed by atoms with Crippen molar-refractivity contribution in [1.29, 1.82) is 5.26 Å². The molecule has 0 saturated carbocycles. The Bertz CT molecular complexity index is 548. The molecule has 1 aliphatic heterocycles. The van der Waals surface area contributed by atoms with Crippen molar-refractivity contribution in [2.24, 2.45) is 0 Å². The number of hydrogen-bond acceptors (Lipinski definition) is 4. The molecule has 0 aliphatic carbocycles. The van der Waals surface area contributed by atoms with Gasteiger partial charge >= 0.3 is 0 Å². The molecule has 5 heteroatoms. The highest BCUT2D eigenvalue weighted by molar-refractivity contribution is 5.87. The summed E-state index contributed by atoms with van der Waals surface area (Å²) < 4.78 is 5.78. The number of piperidine rings is 1. The van der Waals surface area contributed by atoms with E-state index in [0.29, 0.717) is 18.0 Å². The summed E-state index contributed by atoms with van der Waals surface area (Å²) >= 11 is 0. The second-order valence-electron chi connectivity index (χ2n) is 4.66. The van der Waals surface area contributed by atoms with Crippen LogP contribution in [0.1, 0.15) is 25.3 Å². The first kappa shape index (κ1) is 14.1. The number of carbonyl (C=O) groups is 1. The van der Waals surface area contributed by atoms with Crippen LogP contribution in [0.15, 0.2) is 30.5 Å². The van der Waals surface area contributed by atoms with Gasteiger partial charge in [0.05, 0.1) is 18.2 Å². The normalized spacial score (nSPS) is 18.8. The zero-order valence-electron chi connectivity index (χ0n) is 11.5. The van der Waals surface area contributed by atoms with Crippen molar-refractivity contribution in [1.82, 2.24) is 9.88 Å². The van der Waals surface area contributed by atoms with Crippen LogP contribution in [0.5, 0.6) is 5.88 Å². The summed E-state index contributed by atoms with van der Waals surface area (Å²) in [7, 11) is 0. The molecule has 0 bridgehead atoms. The minimum atomic E-state index is -0.0700. The average molecular weight is 271 g/mol. The van der Waals surface area contributed by atoms with Gasteiger partial charge in [-0.05, 0) is 31.9 Å². The zero-order valence-corrected chi connectivity index (χ0v) is 11.5. The minimum absolute atomic E-state index is 0.0135. The molecule has 0 spiro atoms. The van der Waals surface area contributed by atoms with E-state index in [-0.39, 0.29) is 12.0 Å². The maximum atomic E-state index is 11.8. The Morgan fingerprint density at radius 1 is 1.65 bits per heavy atom. The van der Waals surface area contributed by atoms with Crippen LogP contribution in [-0.4, -0.2) is 35.0 Å². The summed E-state index contributed by atoms with van der Waals surface area (Å²) in [6, 6.07) is 5.31. The average Bonchev–Trinajstić information content (AvgIpc) is 2.48. The van der Waals surface area contributed by atoms with Gasteiger partial charge in [-0.25, -0.2) is 4.98 Å². The maximum absolute atomic E-state index is 11.8. The van der Waals surface area contributed by atoms with Gasteiger partial charge in [-0.1, -0.05) is 6.08 Å². The predicted octanol–water partition coefficient (Wildman–Crippen LogP) is 1.90. The van der Waals surface area contributed by atoms with E-state index in [1.807, 2.05) is 6.92 Å². The molecule has 1 aliphatic rings. The quantitative estimate of drug-likeness (QED) is 0.787. The lowest BCUT2D eigenvalue weighted by Crippen LogP contribution is -2.43. The highest BCUT2D eigenvalue weighted by atomic mass is 16.5. The number of allylic oxidation sites excluding steroid dienone is 1. The number of carbonyl (C=O) groups excluding carboxylic acids is 1. The fourth-order valence-electron chi connectivity index (χ4n) is 2.20. The number of ether oxygens (including phenoxy) is 1. The molecule has 104 valence electrons. The molecule has 1 amide bonds. The molecule has 0 N–H and O–H groups in total. The molecule has 2 rings (SSSR count). The fourth-order valence-corrected chi connectivity index (χ4v) is 2.20. The molecule has 0 aromatic carbocycles. The van der Waals surface area contributed by atoms with E-state index in [4.69, 9.17) is 10.00 Å². The van der Waals surface area contributed by atoms with Crippen molar-refractivity contribution < 1.29 is 9.53 Å². The lowest BCUT2D eigenvalue weighted by molar-refractivity contribution is -0.128. The Kier molecular flexibility index (Phi) is 4.72. The van der Waals surface area contributed by atoms with Crippen molar-refractivity contribution in [2.45, 2.75) is 25.9 Å². The topological polar surface area (TPSA) is 66.2 Å². The predicted molar refractivity (Wildman–Crippen MR) is 74.0 cm³/mol. The third-order valence-electron chi connectivity index (χ3n) is 3.15. The maximum Gasteiger partial charge on any atom is 0.246 e. The van der Waals surface area contributed by atoms with E-state index >= 15 is 0 Å². The van der Waals surface area contributed by atoms with Crippen molar-refractivity contribution in [2.75, 3.05) is 13.1 Å². The molecule has 0 unspecified atom stereocenters. The summed E-state index contributed by atoms with van der Waals surface area (Å²) in [4.78, 5) is 17.7. The number of nitrogens with zero attached hydrogens (tertiary/aromatic N) is 3. The highest BCUT2D eigenvalue weighted by Crippen LogP contribution is 2.17. The molecular weight excluding hydrogens is 254 g/mol. The summed E-state index contributed by atoms with van der Waals surface area (Å²) in [5.74, 6) is 0.453. The van der Waals surface area contributed by atoms with Gasteiger partial charge in [0, 0.05) is 18.8 Å². The van der Waals surface area contributed by atoms with Gasteiger partial charge in [0.1, 0.15) is 6.10 Å². The fraction of sp³-hybridized carbons (Fsp3) is 0.400. The van der Waals surface area contributed by atoms with Crippen LogP contribution in [-0.2, 0) is 4.79 Å². The zero-order chi connectivity index (χ0) is 14.4. The molecule has 1 saturated heterocycles. The summed E-state index contributed by atoms with van der Waals surface area (Å²) in [6.07, 6.45) is 6.59. The number of likely N-dealkylation sites (tertiary alicyclic amines) is 1. The van der Waals surface area contributed by atoms with Gasteiger partial charge in [0.15, 0.2) is 0 Å². The van der Waals surface area contributed by atoms with Gasteiger partial charge < -0.3 is 9.64 Å². The molecule has 0 radical (unpaired) electrons. The van der Waals surface area contributed by atoms with E-state index in [1.54, 1.807) is 35.4 Å². The van der Waals surface area contributed by atoms with E-state index < -0.39 is 0 Å². The first-order valence-electron chi connectivity index (χ1n) is 6.67. The number of amides is 1. The van der Waals surface area contributed by atoms with Crippen molar-refractivity contribution in [3.63, 3.8) is 0 Å². The minimum Gasteiger partial charge on any atom is -0.472 e. The summed E-state index contributed by atoms with van der Waals surface area (Å²) in [5.41, 5.74) is 0.521. The second kappa shape index (κ2) is 6.71. The van der Waals surface area contributed by atoms with Crippen molar-refractivity contribution in [3.8, 4) is 11.9 Å². The lowest BCUT2D eigenvalue weighted by Gasteiger charge is -2.32. The Morgan fingerprint density at radius 3 is 3.25 bits per heavy atom. The van der Waals surface area contributed by atoms with Crippen molar-refractivity contribution in [3.05, 3.63) is 36.0 Å². The number of nitriles is 1. The van der Waals surface area contributed by atoms with Crippen LogP contribution in [0.3, 0.4) is 0 Å². The smallest absolute Gasteiger partial charge is 0.246 e. The summed E-state index contributed by atoms with van der Waals surface area (Å²) in [6.45, 7) is 3.14. The van der Waals surface area contributed by atoms with Gasteiger partial charge in [-0.15, -0.1) is 0 Å². The summed E-state index contributed by atoms with van der Waals surface area (Å²) in [5, 5.41) is 8.85. The van der Waals surface area contributed by atoms with Crippen molar-refractivity contribution >= 4 is 5.91 Å². The Labute approximate surface area is 118 Å². The number of rotatable bonds is 3. The molecular formula is C15H17N3O2. The molecule has 2 heterocycles. The van der Waals surface area contributed by atoms with Crippen LogP contribution in [0.4, 0.5) is 0 Å². The molecule has 1 aromatic heterocycles. The van der Waals surface area contributed by atoms with Gasteiger partial charge in [-0.2, -0.15) is 5.26 Å². The monoisotopic (exact) mass is 271 g/mol. The third kappa shape index (κ3) is 3.58. The lowest BCUT2D eigenvalue weighted by atomic mass is 10.1. The first-order valence-corrected chi connectivity index (χ1v) is 6.67. The molecule has 1 aromatic rings. The van der Waals surface area contributed by atoms with Crippen LogP contribution in [0, 0.1) is 11.3 Å². The first-order chi connectivity index (χ1) is 9.72. The molecule has 5 nitrogen and oxygen atoms in total. The second-order valence-corrected chi connectivity index (χ2v) is 4.66. The Hall–Kier alpha value is -2.35. The SMILES string of the molecule is C/C=C/C(=O)N1CCC[C@H](Oc2cc(C#N)ccn2)C1. The standard InChI is InChI=1S/C15H17N3O2/c1-2-4-15(19)18-8-3-5-13(11-18)20-14-9-12(10-16)6-7-17-14/h2,4,6-7,9,13H,3,5,8,11H2,1H3/b4-2+/t13-/m0/s1. The third-order valence-corrected chi connectivity index (χ3v) is 3.15. The Morgan fingerprint density at radius 2 is 2.50 bits per heavy atom. The number of aromatic nitrogens is 1. The van der Waals surface area contributed by atoms with Gasteiger partial charge in [-0.3, -0.25) is 4.79 Å². The van der Waals surface area contributed by atoms with Gasteiger partial charge in [0.2, 0.25) is 11.8 Å². The number of hydrogen-bond donors (Lipinski definition) is 0. The number of pyridine rings is 1. The van der Waals surface area contributed by atoms with Crippen LogP contribution < -0.4 is 4.74 Å². The molecule has 20 heavy (non-hydrogen) atoms. The van der Waals surface area contributed by atoms with Crippen LogP contribution in [0.25, 0.3) is 0 Å². The molecule has 1 fully saturated rings. The van der Waals surface area contributed by atoms with E-state index in [2.05, 4.69) is 11.1 Å². The van der Waals surface area contributed by atoms with Gasteiger partial charge in [0.25, 0.3) is 0 Å².